The summed E-state index contributed by atoms with van der Waals surface area (Å²) in [7, 11) is 0.909. The summed E-state index contributed by atoms with van der Waals surface area (Å²) in [5.74, 6) is -4.74. The number of hydrogen-bond donors (Lipinski definition) is 0. The van der Waals surface area contributed by atoms with E-state index in [0.717, 1.165) is 7.11 Å². The highest BCUT2D eigenvalue weighted by Gasteiger charge is 2.41. The Hall–Kier alpha value is -1.53. The minimum absolute atomic E-state index is 0.172. The molecule has 0 saturated carbocycles. The molecule has 0 amide bonds. The number of carboxylic acid groups (broad SMARTS) is 1. The summed E-state index contributed by atoms with van der Waals surface area (Å²) in [5, 5.41) is 10.00. The largest absolute Gasteiger partial charge is 0.545 e. The van der Waals surface area contributed by atoms with Crippen LogP contribution in [0.15, 0.2) is 11.8 Å². The van der Waals surface area contributed by atoms with Gasteiger partial charge in [0.25, 0.3) is 5.78 Å². The van der Waals surface area contributed by atoms with E-state index in [2.05, 4.69) is 4.74 Å². The van der Waals surface area contributed by atoms with Crippen LogP contribution < -0.4 is 5.11 Å². The molecule has 0 aromatic rings. The molecule has 0 radical (unpaired) electrons. The lowest BCUT2D eigenvalue weighted by molar-refractivity contribution is -0.299. The van der Waals surface area contributed by atoms with E-state index in [1.165, 1.54) is 0 Å². The summed E-state index contributed by atoms with van der Waals surface area (Å²) in [6, 6.07) is 0. The normalized spacial score (nSPS) is 12.5. The maximum Gasteiger partial charge on any atom is 0.455 e. The van der Waals surface area contributed by atoms with Crippen LogP contribution in [0.4, 0.5) is 13.2 Å². The van der Waals surface area contributed by atoms with Crippen LogP contribution in [0.3, 0.4) is 0 Å². The van der Waals surface area contributed by atoms with Gasteiger partial charge in [-0.05, 0) is 0 Å². The van der Waals surface area contributed by atoms with Gasteiger partial charge in [0.05, 0.1) is 24.9 Å². The highest BCUT2D eigenvalue weighted by Crippen LogP contribution is 2.20. The number of halogens is 3. The number of methoxy groups -OCH3 is 1. The first kappa shape index (κ1) is 11.5. The van der Waals surface area contributed by atoms with Crippen molar-refractivity contribution in [1.82, 2.24) is 0 Å². The molecule has 0 unspecified atom stereocenters. The van der Waals surface area contributed by atoms with Crippen molar-refractivity contribution >= 4 is 11.8 Å². The van der Waals surface area contributed by atoms with Gasteiger partial charge in [0.1, 0.15) is 0 Å². The van der Waals surface area contributed by atoms with Gasteiger partial charge in [0.15, 0.2) is 0 Å². The average molecular weight is 197 g/mol. The standard InChI is InChI=1S/C6H5F3O4/c1-13-2-3(5(11)12)4(10)6(7,8)9/h2H,1H3,(H,11,12)/p-1. The highest BCUT2D eigenvalue weighted by atomic mass is 19.4. The van der Waals surface area contributed by atoms with Gasteiger partial charge in [-0.2, -0.15) is 13.2 Å². The number of ketones is 1. The van der Waals surface area contributed by atoms with Gasteiger partial charge in [-0.1, -0.05) is 0 Å². The van der Waals surface area contributed by atoms with Crippen LogP contribution in [0, 0.1) is 0 Å². The molecule has 74 valence electrons. The first-order valence-electron chi connectivity index (χ1n) is 2.86. The lowest BCUT2D eigenvalue weighted by Gasteiger charge is -2.08. The Morgan fingerprint density at radius 3 is 2.08 bits per heavy atom. The number of Topliss-reactive ketones (excluding diaryl/α,β-unsaturated/α-hetero) is 1. The van der Waals surface area contributed by atoms with Gasteiger partial charge in [-0.25, -0.2) is 0 Å². The lowest BCUT2D eigenvalue weighted by atomic mass is 10.2. The summed E-state index contributed by atoms with van der Waals surface area (Å²) in [6.45, 7) is 0. The fourth-order valence-electron chi connectivity index (χ4n) is 0.465. The molecule has 0 bridgehead atoms. The number of rotatable bonds is 3. The molecule has 0 aliphatic rings. The topological polar surface area (TPSA) is 66.4 Å². The Balaban J connectivity index is 4.90. The summed E-state index contributed by atoms with van der Waals surface area (Å²) < 4.78 is 38.9. The molecule has 0 aliphatic heterocycles. The molecule has 0 spiro atoms. The fraction of sp³-hybridized carbons (Fsp3) is 0.333. The zero-order valence-electron chi connectivity index (χ0n) is 6.34. The molecule has 4 nitrogen and oxygen atoms in total. The first-order chi connectivity index (χ1) is 5.80. The number of aliphatic carboxylic acids is 1. The van der Waals surface area contributed by atoms with Crippen molar-refractivity contribution in [3.63, 3.8) is 0 Å². The van der Waals surface area contributed by atoms with E-state index in [9.17, 15) is 27.9 Å². The van der Waals surface area contributed by atoms with E-state index < -0.39 is 23.5 Å². The summed E-state index contributed by atoms with van der Waals surface area (Å²) >= 11 is 0. The molecule has 0 saturated heterocycles. The van der Waals surface area contributed by atoms with Gasteiger partial charge in [-0.15, -0.1) is 0 Å². The third-order valence-electron chi connectivity index (χ3n) is 0.958. The van der Waals surface area contributed by atoms with Gasteiger partial charge in [-0.3, -0.25) is 4.79 Å². The number of ether oxygens (including phenoxy) is 1. The van der Waals surface area contributed by atoms with Crippen LogP contribution in [0.25, 0.3) is 0 Å². The smallest absolute Gasteiger partial charge is 0.455 e. The predicted molar refractivity (Wildman–Crippen MR) is 31.2 cm³/mol. The van der Waals surface area contributed by atoms with Gasteiger partial charge < -0.3 is 14.6 Å². The Morgan fingerprint density at radius 1 is 1.38 bits per heavy atom. The molecular formula is C6H4F3O4-. The predicted octanol–water partition coefficient (Wildman–Crippen LogP) is -0.602. The maximum atomic E-state index is 11.6. The molecule has 7 heteroatoms. The van der Waals surface area contributed by atoms with Gasteiger partial charge in [0, 0.05) is 0 Å². The molecule has 0 N–H and O–H groups in total. The van der Waals surface area contributed by atoms with Crippen LogP contribution in [0.5, 0.6) is 0 Å². The Bertz CT molecular complexity index is 253. The van der Waals surface area contributed by atoms with E-state index in [1.54, 1.807) is 0 Å². The molecule has 0 rings (SSSR count). The minimum atomic E-state index is -5.25. The molecule has 0 aliphatic carbocycles. The van der Waals surface area contributed by atoms with Crippen molar-refractivity contribution in [3.8, 4) is 0 Å². The SMILES string of the molecule is COC=C(C(=O)[O-])C(=O)C(F)(F)F. The lowest BCUT2D eigenvalue weighted by Crippen LogP contribution is -2.35. The molecule has 0 aromatic carbocycles. The molecule has 13 heavy (non-hydrogen) atoms. The van der Waals surface area contributed by atoms with E-state index in [4.69, 9.17) is 0 Å². The van der Waals surface area contributed by atoms with Crippen LogP contribution >= 0.6 is 0 Å². The van der Waals surface area contributed by atoms with E-state index in [0.29, 0.717) is 0 Å². The van der Waals surface area contributed by atoms with Crippen molar-refractivity contribution in [2.75, 3.05) is 7.11 Å². The monoisotopic (exact) mass is 197 g/mol. The van der Waals surface area contributed by atoms with Crippen LogP contribution in [0.1, 0.15) is 0 Å². The summed E-state index contributed by atoms with van der Waals surface area (Å²) in [5.41, 5.74) is -1.56. The first-order valence-corrected chi connectivity index (χ1v) is 2.86. The van der Waals surface area contributed by atoms with Gasteiger partial charge >= 0.3 is 6.18 Å². The second-order valence-electron chi connectivity index (χ2n) is 1.88. The molecule has 0 aromatic heterocycles. The zero-order chi connectivity index (χ0) is 10.6. The number of alkyl halides is 3. The quantitative estimate of drug-likeness (QED) is 0.262. The summed E-state index contributed by atoms with van der Waals surface area (Å²) in [4.78, 5) is 20.3. The van der Waals surface area contributed by atoms with Crippen molar-refractivity contribution in [2.45, 2.75) is 6.18 Å². The Kier molecular flexibility index (Phi) is 3.46. The minimum Gasteiger partial charge on any atom is -0.545 e. The van der Waals surface area contributed by atoms with Crippen LogP contribution in [-0.2, 0) is 14.3 Å². The second kappa shape index (κ2) is 3.92. The van der Waals surface area contributed by atoms with Crippen molar-refractivity contribution in [3.05, 3.63) is 11.8 Å². The van der Waals surface area contributed by atoms with E-state index in [-0.39, 0.29) is 6.26 Å². The zero-order valence-corrected chi connectivity index (χ0v) is 6.34. The molecular weight excluding hydrogens is 193 g/mol. The molecule has 0 fully saturated rings. The molecule has 0 atom stereocenters. The van der Waals surface area contributed by atoms with Crippen LogP contribution in [-0.4, -0.2) is 25.0 Å². The third kappa shape index (κ3) is 3.14. The van der Waals surface area contributed by atoms with Gasteiger partial charge in [0.2, 0.25) is 0 Å². The van der Waals surface area contributed by atoms with Crippen LogP contribution in [0.2, 0.25) is 0 Å². The molecule has 0 heterocycles. The number of carbonyl (C=O) groups is 2. The van der Waals surface area contributed by atoms with Crippen molar-refractivity contribution < 1.29 is 32.6 Å². The highest BCUT2D eigenvalue weighted by molar-refractivity contribution is 6.17. The maximum absolute atomic E-state index is 11.6. The van der Waals surface area contributed by atoms with Crippen molar-refractivity contribution in [2.24, 2.45) is 0 Å². The second-order valence-corrected chi connectivity index (χ2v) is 1.88. The third-order valence-corrected chi connectivity index (χ3v) is 0.958. The number of hydrogen-bond acceptors (Lipinski definition) is 4. The summed E-state index contributed by atoms with van der Waals surface area (Å²) in [6.07, 6.45) is -5.07. The van der Waals surface area contributed by atoms with Crippen molar-refractivity contribution in [1.29, 1.82) is 0 Å². The number of carboxylic acids is 1. The van der Waals surface area contributed by atoms with E-state index in [1.807, 2.05) is 0 Å². The Morgan fingerprint density at radius 2 is 1.85 bits per heavy atom. The number of carbonyl (C=O) groups excluding carboxylic acids is 2. The average Bonchev–Trinajstić information content (AvgIpc) is 1.96. The van der Waals surface area contributed by atoms with E-state index >= 15 is 0 Å². The fourth-order valence-corrected chi connectivity index (χ4v) is 0.465. The Labute approximate surface area is 70.6 Å².